The summed E-state index contributed by atoms with van der Waals surface area (Å²) in [5.41, 5.74) is 1.34. The van der Waals surface area contributed by atoms with E-state index in [0.717, 1.165) is 21.6 Å². The zero-order valence-corrected chi connectivity index (χ0v) is 18.2. The van der Waals surface area contributed by atoms with Crippen LogP contribution in [0.25, 0.3) is 0 Å². The second-order valence-corrected chi connectivity index (χ2v) is 8.66. The molecule has 4 rings (SSSR count). The Hall–Kier alpha value is -3.04. The van der Waals surface area contributed by atoms with Crippen molar-refractivity contribution < 1.29 is 23.9 Å². The number of ether oxygens (including phenoxy) is 1. The molecule has 0 aromatic heterocycles. The first-order chi connectivity index (χ1) is 14.9. The fourth-order valence-electron chi connectivity index (χ4n) is 3.65. The molecule has 1 atom stereocenters. The molecule has 0 aliphatic carbocycles. The van der Waals surface area contributed by atoms with E-state index in [-0.39, 0.29) is 29.2 Å². The van der Waals surface area contributed by atoms with Crippen LogP contribution >= 0.6 is 24.0 Å². The van der Waals surface area contributed by atoms with Gasteiger partial charge in [-0.15, -0.1) is 0 Å². The number of nitrogens with zero attached hydrogens (tertiary/aromatic N) is 2. The Bertz CT molecular complexity index is 1050. The molecule has 2 heterocycles. The quantitative estimate of drug-likeness (QED) is 0.489. The van der Waals surface area contributed by atoms with Crippen LogP contribution in [0.15, 0.2) is 48.5 Å². The van der Waals surface area contributed by atoms with Gasteiger partial charge in [0.15, 0.2) is 0 Å². The zero-order valence-electron chi connectivity index (χ0n) is 16.6. The second-order valence-electron chi connectivity index (χ2n) is 6.88. The van der Waals surface area contributed by atoms with Crippen molar-refractivity contribution >= 4 is 52.0 Å². The largest absolute Gasteiger partial charge is 0.479 e. The highest BCUT2D eigenvalue weighted by molar-refractivity contribution is 8.23. The van der Waals surface area contributed by atoms with E-state index >= 15 is 0 Å². The lowest BCUT2D eigenvalue weighted by molar-refractivity contribution is 0.0611. The SMILES string of the molecule is CCOC(=S)SC(CCN1C(=O)c2ccccc2C1=O)N1C(=O)c2ccccc2C1=O. The van der Waals surface area contributed by atoms with Crippen LogP contribution in [0.4, 0.5) is 0 Å². The van der Waals surface area contributed by atoms with Crippen LogP contribution in [0, 0.1) is 0 Å². The van der Waals surface area contributed by atoms with Crippen molar-refractivity contribution in [3.63, 3.8) is 0 Å². The highest BCUT2D eigenvalue weighted by atomic mass is 32.2. The van der Waals surface area contributed by atoms with Crippen LogP contribution in [0.3, 0.4) is 0 Å². The number of thiocarbonyl (C=S) groups is 1. The summed E-state index contributed by atoms with van der Waals surface area (Å²) in [6.45, 7) is 2.16. The molecule has 0 saturated heterocycles. The average molecular weight is 455 g/mol. The highest BCUT2D eigenvalue weighted by Crippen LogP contribution is 2.32. The Labute approximate surface area is 188 Å². The maximum atomic E-state index is 13.0. The molecule has 31 heavy (non-hydrogen) atoms. The molecule has 1 unspecified atom stereocenters. The van der Waals surface area contributed by atoms with Crippen LogP contribution in [-0.2, 0) is 4.74 Å². The van der Waals surface area contributed by atoms with Gasteiger partial charge in [-0.1, -0.05) is 36.0 Å². The van der Waals surface area contributed by atoms with Crippen molar-refractivity contribution in [1.29, 1.82) is 0 Å². The average Bonchev–Trinajstić information content (AvgIpc) is 3.17. The predicted octanol–water partition coefficient (Wildman–Crippen LogP) is 3.35. The summed E-state index contributed by atoms with van der Waals surface area (Å²) >= 11 is 6.28. The number of thioether (sulfide) groups is 1. The van der Waals surface area contributed by atoms with Gasteiger partial charge in [0.25, 0.3) is 23.6 Å². The van der Waals surface area contributed by atoms with Gasteiger partial charge in [0.05, 0.1) is 34.2 Å². The van der Waals surface area contributed by atoms with Crippen molar-refractivity contribution in [3.05, 3.63) is 70.8 Å². The van der Waals surface area contributed by atoms with Crippen molar-refractivity contribution in [2.24, 2.45) is 0 Å². The van der Waals surface area contributed by atoms with E-state index in [1.165, 1.54) is 0 Å². The summed E-state index contributed by atoms with van der Waals surface area (Å²) in [4.78, 5) is 53.5. The Morgan fingerprint density at radius 3 is 1.77 bits per heavy atom. The lowest BCUT2D eigenvalue weighted by atomic mass is 10.1. The summed E-state index contributed by atoms with van der Waals surface area (Å²) in [7, 11) is 0. The maximum absolute atomic E-state index is 13.0. The van der Waals surface area contributed by atoms with E-state index < -0.39 is 17.2 Å². The van der Waals surface area contributed by atoms with Gasteiger partial charge in [-0.2, -0.15) is 0 Å². The van der Waals surface area contributed by atoms with Gasteiger partial charge in [0.2, 0.25) is 4.38 Å². The predicted molar refractivity (Wildman–Crippen MR) is 119 cm³/mol. The smallest absolute Gasteiger partial charge is 0.262 e. The van der Waals surface area contributed by atoms with Crippen molar-refractivity contribution in [1.82, 2.24) is 9.80 Å². The molecule has 9 heteroatoms. The number of rotatable bonds is 6. The van der Waals surface area contributed by atoms with Crippen molar-refractivity contribution in [2.75, 3.05) is 13.2 Å². The lowest BCUT2D eigenvalue weighted by Crippen LogP contribution is -2.41. The number of benzene rings is 2. The molecule has 4 amide bonds. The lowest BCUT2D eigenvalue weighted by Gasteiger charge is -2.27. The first kappa shape index (κ1) is 21.2. The standard InChI is InChI=1S/C22H18N2O5S2/c1-2-29-22(30)31-17(24-20(27)15-9-5-6-10-16(15)21(24)28)11-12-23-18(25)13-7-3-4-8-14(13)19(23)26/h3-10,17H,2,11-12H2,1H3. The van der Waals surface area contributed by atoms with Crippen LogP contribution < -0.4 is 0 Å². The Morgan fingerprint density at radius 2 is 1.32 bits per heavy atom. The number of hydrogen-bond acceptors (Lipinski definition) is 7. The van der Waals surface area contributed by atoms with Gasteiger partial charge in [-0.25, -0.2) is 0 Å². The summed E-state index contributed by atoms with van der Waals surface area (Å²) in [5.74, 6) is -1.64. The fourth-order valence-corrected chi connectivity index (χ4v) is 5.03. The third-order valence-electron chi connectivity index (χ3n) is 5.09. The number of amides is 4. The maximum Gasteiger partial charge on any atom is 0.262 e. The normalized spacial score (nSPS) is 15.9. The van der Waals surface area contributed by atoms with E-state index in [4.69, 9.17) is 17.0 Å². The minimum Gasteiger partial charge on any atom is -0.479 e. The highest BCUT2D eigenvalue weighted by Gasteiger charge is 2.42. The van der Waals surface area contributed by atoms with E-state index in [1.54, 1.807) is 55.5 Å². The minimum absolute atomic E-state index is 0.0339. The van der Waals surface area contributed by atoms with E-state index in [2.05, 4.69) is 0 Å². The van der Waals surface area contributed by atoms with Gasteiger partial charge in [-0.05, 0) is 49.8 Å². The first-order valence-electron chi connectivity index (χ1n) is 9.69. The van der Waals surface area contributed by atoms with E-state index in [0.29, 0.717) is 28.9 Å². The van der Waals surface area contributed by atoms with Gasteiger partial charge in [0.1, 0.15) is 0 Å². The summed E-state index contributed by atoms with van der Waals surface area (Å²) < 4.78 is 5.53. The molecule has 158 valence electrons. The van der Waals surface area contributed by atoms with Crippen LogP contribution in [0.2, 0.25) is 0 Å². The van der Waals surface area contributed by atoms with Gasteiger partial charge >= 0.3 is 0 Å². The number of fused-ring (bicyclic) bond motifs is 2. The molecule has 7 nitrogen and oxygen atoms in total. The summed E-state index contributed by atoms with van der Waals surface area (Å²) in [5, 5.41) is -0.726. The Morgan fingerprint density at radius 1 is 0.871 bits per heavy atom. The third kappa shape index (κ3) is 3.75. The molecule has 2 aliphatic heterocycles. The number of hydrogen-bond donors (Lipinski definition) is 0. The second kappa shape index (κ2) is 8.60. The molecule has 0 fully saturated rings. The molecule has 2 aliphatic rings. The van der Waals surface area contributed by atoms with E-state index in [1.807, 2.05) is 0 Å². The van der Waals surface area contributed by atoms with Crippen molar-refractivity contribution in [3.8, 4) is 0 Å². The first-order valence-corrected chi connectivity index (χ1v) is 11.0. The number of carbonyl (C=O) groups is 4. The molecule has 2 aromatic carbocycles. The summed E-state index contributed by atoms with van der Waals surface area (Å²) in [6, 6.07) is 13.2. The van der Waals surface area contributed by atoms with Gasteiger partial charge < -0.3 is 4.74 Å². The third-order valence-corrected chi connectivity index (χ3v) is 6.52. The molecule has 0 saturated carbocycles. The molecule has 0 spiro atoms. The molecular weight excluding hydrogens is 436 g/mol. The van der Waals surface area contributed by atoms with Crippen LogP contribution in [0.1, 0.15) is 54.8 Å². The topological polar surface area (TPSA) is 84.0 Å². The number of carbonyl (C=O) groups excluding carboxylic acids is 4. The van der Waals surface area contributed by atoms with Gasteiger partial charge in [0, 0.05) is 6.54 Å². The Kier molecular flexibility index (Phi) is 5.88. The van der Waals surface area contributed by atoms with Crippen LogP contribution in [-0.4, -0.2) is 56.3 Å². The Balaban J connectivity index is 1.57. The van der Waals surface area contributed by atoms with Gasteiger partial charge in [-0.3, -0.25) is 29.0 Å². The van der Waals surface area contributed by atoms with Crippen molar-refractivity contribution in [2.45, 2.75) is 18.7 Å². The zero-order chi connectivity index (χ0) is 22.1. The van der Waals surface area contributed by atoms with Crippen LogP contribution in [0.5, 0.6) is 0 Å². The molecule has 2 aromatic rings. The monoisotopic (exact) mass is 454 g/mol. The van der Waals surface area contributed by atoms with E-state index in [9.17, 15) is 19.2 Å². The summed E-state index contributed by atoms with van der Waals surface area (Å²) in [6.07, 6.45) is 0.162. The molecular formula is C22H18N2O5S2. The molecule has 0 radical (unpaired) electrons. The molecule has 0 N–H and O–H groups in total. The minimum atomic E-state index is -0.726. The molecule has 0 bridgehead atoms. The fraction of sp³-hybridized carbons (Fsp3) is 0.227. The number of imide groups is 2.